The standard InChI is InChI=1S/C16H13ClFN3O/c1-10(22)19-8-11-9-21(14-5-3-2-4-12(11)14)15-7-6-13(17)16(18)20-15/h2-7,9H,8H2,1H3,(H,19,22). The van der Waals surface area contributed by atoms with Gasteiger partial charge in [-0.05, 0) is 23.8 Å². The Morgan fingerprint density at radius 2 is 2.09 bits per heavy atom. The molecule has 1 aromatic carbocycles. The number of pyridine rings is 1. The number of halogens is 2. The maximum absolute atomic E-state index is 13.6. The first-order valence-corrected chi connectivity index (χ1v) is 7.10. The topological polar surface area (TPSA) is 46.9 Å². The first kappa shape index (κ1) is 14.5. The van der Waals surface area contributed by atoms with Crippen LogP contribution in [0.5, 0.6) is 0 Å². The van der Waals surface area contributed by atoms with Crippen molar-refractivity contribution in [2.45, 2.75) is 13.5 Å². The number of amides is 1. The molecule has 0 saturated carbocycles. The number of para-hydroxylation sites is 1. The van der Waals surface area contributed by atoms with Gasteiger partial charge in [-0.15, -0.1) is 0 Å². The maximum atomic E-state index is 13.6. The molecular formula is C16H13ClFN3O. The smallest absolute Gasteiger partial charge is 0.233 e. The first-order valence-electron chi connectivity index (χ1n) is 6.72. The summed E-state index contributed by atoms with van der Waals surface area (Å²) < 4.78 is 15.4. The average Bonchev–Trinajstić information content (AvgIpc) is 2.87. The second kappa shape index (κ2) is 5.77. The maximum Gasteiger partial charge on any atom is 0.233 e. The van der Waals surface area contributed by atoms with Gasteiger partial charge in [-0.1, -0.05) is 29.8 Å². The van der Waals surface area contributed by atoms with Crippen LogP contribution in [0.3, 0.4) is 0 Å². The van der Waals surface area contributed by atoms with Gasteiger partial charge < -0.3 is 9.88 Å². The Morgan fingerprint density at radius 1 is 1.32 bits per heavy atom. The molecule has 0 spiro atoms. The summed E-state index contributed by atoms with van der Waals surface area (Å²) in [5, 5.41) is 3.74. The summed E-state index contributed by atoms with van der Waals surface area (Å²) in [7, 11) is 0. The van der Waals surface area contributed by atoms with E-state index in [9.17, 15) is 9.18 Å². The minimum absolute atomic E-state index is 0.0151. The summed E-state index contributed by atoms with van der Waals surface area (Å²) in [6.45, 7) is 1.87. The highest BCUT2D eigenvalue weighted by molar-refractivity contribution is 6.30. The van der Waals surface area contributed by atoms with Gasteiger partial charge in [-0.3, -0.25) is 4.79 Å². The summed E-state index contributed by atoms with van der Waals surface area (Å²) in [5.74, 6) is -0.375. The van der Waals surface area contributed by atoms with E-state index in [1.165, 1.54) is 13.0 Å². The zero-order valence-corrected chi connectivity index (χ0v) is 12.6. The fraction of sp³-hybridized carbons (Fsp3) is 0.125. The average molecular weight is 318 g/mol. The Hall–Kier alpha value is -2.40. The highest BCUT2D eigenvalue weighted by Crippen LogP contribution is 2.25. The van der Waals surface area contributed by atoms with Crippen molar-refractivity contribution in [3.63, 3.8) is 0 Å². The van der Waals surface area contributed by atoms with Crippen molar-refractivity contribution >= 4 is 28.4 Å². The van der Waals surface area contributed by atoms with E-state index in [-0.39, 0.29) is 10.9 Å². The number of hydrogen-bond acceptors (Lipinski definition) is 2. The van der Waals surface area contributed by atoms with Gasteiger partial charge in [0, 0.05) is 25.1 Å². The van der Waals surface area contributed by atoms with Crippen LogP contribution in [0.4, 0.5) is 4.39 Å². The number of carbonyl (C=O) groups excluding carboxylic acids is 1. The molecule has 2 aromatic heterocycles. The molecule has 0 saturated heterocycles. The second-order valence-corrected chi connectivity index (χ2v) is 5.30. The van der Waals surface area contributed by atoms with Gasteiger partial charge in [0.05, 0.1) is 10.5 Å². The van der Waals surface area contributed by atoms with E-state index in [4.69, 9.17) is 11.6 Å². The zero-order valence-electron chi connectivity index (χ0n) is 11.8. The van der Waals surface area contributed by atoms with Crippen LogP contribution < -0.4 is 5.32 Å². The van der Waals surface area contributed by atoms with E-state index in [0.717, 1.165) is 16.5 Å². The fourth-order valence-corrected chi connectivity index (χ4v) is 2.45. The van der Waals surface area contributed by atoms with Gasteiger partial charge in [-0.2, -0.15) is 4.39 Å². The van der Waals surface area contributed by atoms with Crippen molar-refractivity contribution in [3.05, 3.63) is 59.1 Å². The lowest BCUT2D eigenvalue weighted by molar-refractivity contribution is -0.119. The van der Waals surface area contributed by atoms with E-state index in [1.54, 1.807) is 10.6 Å². The van der Waals surface area contributed by atoms with Crippen LogP contribution >= 0.6 is 11.6 Å². The van der Waals surface area contributed by atoms with Crippen LogP contribution in [0.1, 0.15) is 12.5 Å². The van der Waals surface area contributed by atoms with Crippen molar-refractivity contribution in [2.24, 2.45) is 0 Å². The molecule has 3 aromatic rings. The van der Waals surface area contributed by atoms with E-state index >= 15 is 0 Å². The summed E-state index contributed by atoms with van der Waals surface area (Å²) in [6.07, 6.45) is 1.84. The molecule has 1 N–H and O–H groups in total. The minimum Gasteiger partial charge on any atom is -0.352 e. The lowest BCUT2D eigenvalue weighted by Crippen LogP contribution is -2.18. The fourth-order valence-electron chi connectivity index (χ4n) is 2.34. The van der Waals surface area contributed by atoms with Crippen LogP contribution in [0.15, 0.2) is 42.6 Å². The molecule has 4 nitrogen and oxygen atoms in total. The number of benzene rings is 1. The molecule has 0 aliphatic heterocycles. The molecule has 2 heterocycles. The third kappa shape index (κ3) is 2.67. The predicted octanol–water partition coefficient (Wildman–Crippen LogP) is 3.45. The number of fused-ring (bicyclic) bond motifs is 1. The molecule has 1 amide bonds. The monoisotopic (exact) mass is 317 g/mol. The summed E-state index contributed by atoms with van der Waals surface area (Å²) in [6, 6.07) is 10.8. The van der Waals surface area contributed by atoms with Crippen molar-refractivity contribution < 1.29 is 9.18 Å². The van der Waals surface area contributed by atoms with Crippen LogP contribution in [0.25, 0.3) is 16.7 Å². The summed E-state index contributed by atoms with van der Waals surface area (Å²) in [5.41, 5.74) is 1.82. The molecule has 112 valence electrons. The van der Waals surface area contributed by atoms with Gasteiger partial charge >= 0.3 is 0 Å². The Kier molecular flexibility index (Phi) is 3.81. The van der Waals surface area contributed by atoms with Gasteiger partial charge in [0.25, 0.3) is 0 Å². The quantitative estimate of drug-likeness (QED) is 0.752. The highest BCUT2D eigenvalue weighted by atomic mass is 35.5. The molecule has 22 heavy (non-hydrogen) atoms. The largest absolute Gasteiger partial charge is 0.352 e. The molecule has 0 atom stereocenters. The predicted molar refractivity (Wildman–Crippen MR) is 83.6 cm³/mol. The normalized spacial score (nSPS) is 10.9. The van der Waals surface area contributed by atoms with E-state index in [0.29, 0.717) is 12.4 Å². The molecule has 0 aliphatic rings. The highest BCUT2D eigenvalue weighted by Gasteiger charge is 2.12. The van der Waals surface area contributed by atoms with E-state index in [1.807, 2.05) is 30.5 Å². The Labute approximate surface area is 131 Å². The Bertz CT molecular complexity index is 860. The number of aromatic nitrogens is 2. The SMILES string of the molecule is CC(=O)NCc1cn(-c2ccc(Cl)c(F)n2)c2ccccc12. The van der Waals surface area contributed by atoms with Gasteiger partial charge in [-0.25, -0.2) is 4.98 Å². The van der Waals surface area contributed by atoms with Gasteiger partial charge in [0.15, 0.2) is 0 Å². The lowest BCUT2D eigenvalue weighted by atomic mass is 10.2. The zero-order chi connectivity index (χ0) is 15.7. The van der Waals surface area contributed by atoms with Crippen molar-refractivity contribution in [1.29, 1.82) is 0 Å². The minimum atomic E-state index is -0.708. The third-order valence-corrected chi connectivity index (χ3v) is 3.64. The molecule has 0 radical (unpaired) electrons. The van der Waals surface area contributed by atoms with E-state index in [2.05, 4.69) is 10.3 Å². The van der Waals surface area contributed by atoms with Crippen molar-refractivity contribution in [2.75, 3.05) is 0 Å². The van der Waals surface area contributed by atoms with Gasteiger partial charge in [0.1, 0.15) is 5.82 Å². The van der Waals surface area contributed by atoms with Crippen molar-refractivity contribution in [3.8, 4) is 5.82 Å². The van der Waals surface area contributed by atoms with Crippen LogP contribution in [-0.2, 0) is 11.3 Å². The Balaban J connectivity index is 2.13. The summed E-state index contributed by atoms with van der Waals surface area (Å²) >= 11 is 5.68. The summed E-state index contributed by atoms with van der Waals surface area (Å²) in [4.78, 5) is 15.0. The molecule has 0 bridgehead atoms. The molecule has 3 rings (SSSR count). The molecule has 0 aliphatic carbocycles. The second-order valence-electron chi connectivity index (χ2n) is 4.89. The number of nitrogens with zero attached hydrogens (tertiary/aromatic N) is 2. The molecular weight excluding hydrogens is 305 g/mol. The molecule has 6 heteroatoms. The number of carbonyl (C=O) groups is 1. The first-order chi connectivity index (χ1) is 10.6. The van der Waals surface area contributed by atoms with E-state index < -0.39 is 5.95 Å². The van der Waals surface area contributed by atoms with Crippen LogP contribution in [-0.4, -0.2) is 15.5 Å². The van der Waals surface area contributed by atoms with Crippen LogP contribution in [0.2, 0.25) is 5.02 Å². The molecule has 0 unspecified atom stereocenters. The van der Waals surface area contributed by atoms with Crippen molar-refractivity contribution in [1.82, 2.24) is 14.9 Å². The molecule has 0 fully saturated rings. The Morgan fingerprint density at radius 3 is 2.82 bits per heavy atom. The third-order valence-electron chi connectivity index (χ3n) is 3.36. The number of hydrogen-bond donors (Lipinski definition) is 1. The number of rotatable bonds is 3. The van der Waals surface area contributed by atoms with Gasteiger partial charge in [0.2, 0.25) is 11.9 Å². The number of nitrogens with one attached hydrogen (secondary N) is 1. The van der Waals surface area contributed by atoms with Crippen LogP contribution in [0, 0.1) is 5.95 Å². The lowest BCUT2D eigenvalue weighted by Gasteiger charge is -2.04.